The monoisotopic (exact) mass is 373 g/mol. The first-order valence-electron chi connectivity index (χ1n) is 7.87. The number of amides is 1. The molecule has 1 aliphatic heterocycles. The molecule has 0 saturated carbocycles. The molecule has 0 bridgehead atoms. The van der Waals surface area contributed by atoms with Crippen molar-refractivity contribution in [2.45, 2.75) is 12.5 Å². The van der Waals surface area contributed by atoms with Crippen LogP contribution in [0.15, 0.2) is 53.6 Å². The molecule has 7 nitrogen and oxygen atoms in total. The summed E-state index contributed by atoms with van der Waals surface area (Å²) in [7, 11) is 1.59. The summed E-state index contributed by atoms with van der Waals surface area (Å²) in [5.41, 5.74) is 2.33. The van der Waals surface area contributed by atoms with Crippen LogP contribution in [0, 0.1) is 10.1 Å². The van der Waals surface area contributed by atoms with Crippen molar-refractivity contribution >= 4 is 28.9 Å². The highest BCUT2D eigenvalue weighted by Crippen LogP contribution is 2.34. The summed E-state index contributed by atoms with van der Waals surface area (Å²) in [6.07, 6.45) is 0.493. The van der Waals surface area contributed by atoms with Crippen molar-refractivity contribution in [3.8, 4) is 5.75 Å². The standard InChI is InChI=1S/C18H16ClN3O4/c1-26-15-8-4-13(5-9-15)17-10-16(20-21(17)18(23)11-19)12-2-6-14(7-3-12)22(24)25/h2-9,17H,10-11H2,1H3. The molecule has 0 radical (unpaired) electrons. The molecule has 0 aromatic heterocycles. The fourth-order valence-corrected chi connectivity index (χ4v) is 2.96. The second kappa shape index (κ2) is 7.53. The van der Waals surface area contributed by atoms with E-state index >= 15 is 0 Å². The number of methoxy groups -OCH3 is 1. The maximum absolute atomic E-state index is 12.2. The van der Waals surface area contributed by atoms with Gasteiger partial charge in [-0.3, -0.25) is 14.9 Å². The molecule has 0 aliphatic carbocycles. The number of hydrazone groups is 1. The Balaban J connectivity index is 1.90. The number of ether oxygens (including phenoxy) is 1. The van der Waals surface area contributed by atoms with Gasteiger partial charge in [0.1, 0.15) is 11.6 Å². The lowest BCUT2D eigenvalue weighted by atomic mass is 9.98. The topological polar surface area (TPSA) is 85.0 Å². The fraction of sp³-hybridized carbons (Fsp3) is 0.222. The van der Waals surface area contributed by atoms with Crippen molar-refractivity contribution in [2.24, 2.45) is 5.10 Å². The van der Waals surface area contributed by atoms with E-state index in [0.717, 1.165) is 16.9 Å². The summed E-state index contributed by atoms with van der Waals surface area (Å²) in [5, 5.41) is 16.6. The zero-order valence-corrected chi connectivity index (χ0v) is 14.7. The molecule has 2 aromatic carbocycles. The van der Waals surface area contributed by atoms with Crippen molar-refractivity contribution in [1.29, 1.82) is 0 Å². The van der Waals surface area contributed by atoms with Crippen LogP contribution in [0.3, 0.4) is 0 Å². The number of halogens is 1. The minimum Gasteiger partial charge on any atom is -0.497 e. The van der Waals surface area contributed by atoms with Crippen LogP contribution >= 0.6 is 11.6 Å². The van der Waals surface area contributed by atoms with Crippen LogP contribution < -0.4 is 4.74 Å². The molecule has 26 heavy (non-hydrogen) atoms. The summed E-state index contributed by atoms with van der Waals surface area (Å²) < 4.78 is 5.16. The Morgan fingerprint density at radius 1 is 1.27 bits per heavy atom. The Hall–Kier alpha value is -2.93. The molecule has 134 valence electrons. The molecule has 3 rings (SSSR count). The number of alkyl halides is 1. The van der Waals surface area contributed by atoms with Gasteiger partial charge < -0.3 is 4.74 Å². The lowest BCUT2D eigenvalue weighted by Gasteiger charge is -2.21. The van der Waals surface area contributed by atoms with Crippen LogP contribution in [-0.2, 0) is 4.79 Å². The minimum absolute atomic E-state index is 0.00717. The van der Waals surface area contributed by atoms with Crippen LogP contribution in [0.4, 0.5) is 5.69 Å². The van der Waals surface area contributed by atoms with Gasteiger partial charge in [-0.05, 0) is 35.4 Å². The average Bonchev–Trinajstić information content (AvgIpc) is 3.13. The van der Waals surface area contributed by atoms with Gasteiger partial charge in [-0.1, -0.05) is 12.1 Å². The summed E-state index contributed by atoms with van der Waals surface area (Å²) >= 11 is 5.73. The van der Waals surface area contributed by atoms with Gasteiger partial charge in [0, 0.05) is 18.6 Å². The SMILES string of the molecule is COc1ccc(C2CC(c3ccc([N+](=O)[O-])cc3)=NN2C(=O)CCl)cc1. The smallest absolute Gasteiger partial charge is 0.269 e. The van der Waals surface area contributed by atoms with Crippen molar-refractivity contribution in [2.75, 3.05) is 13.0 Å². The Morgan fingerprint density at radius 3 is 2.46 bits per heavy atom. The van der Waals surface area contributed by atoms with Crippen LogP contribution in [0.1, 0.15) is 23.6 Å². The molecule has 0 spiro atoms. The third-order valence-electron chi connectivity index (χ3n) is 4.19. The molecule has 1 aliphatic rings. The van der Waals surface area contributed by atoms with Crippen LogP contribution in [-0.4, -0.2) is 34.5 Å². The van der Waals surface area contributed by atoms with Crippen molar-refractivity contribution in [3.05, 3.63) is 69.8 Å². The average molecular weight is 374 g/mol. The largest absolute Gasteiger partial charge is 0.497 e. The molecule has 8 heteroatoms. The minimum atomic E-state index is -0.455. The van der Waals surface area contributed by atoms with Gasteiger partial charge in [0.25, 0.3) is 11.6 Å². The van der Waals surface area contributed by atoms with E-state index in [1.165, 1.54) is 17.1 Å². The maximum atomic E-state index is 12.2. The van der Waals surface area contributed by atoms with E-state index in [2.05, 4.69) is 5.10 Å². The summed E-state index contributed by atoms with van der Waals surface area (Å²) in [6.45, 7) is 0. The zero-order valence-electron chi connectivity index (χ0n) is 14.0. The molecule has 1 amide bonds. The van der Waals surface area contributed by atoms with Gasteiger partial charge in [-0.15, -0.1) is 11.6 Å². The van der Waals surface area contributed by atoms with E-state index in [4.69, 9.17) is 16.3 Å². The lowest BCUT2D eigenvalue weighted by Crippen LogP contribution is -2.27. The van der Waals surface area contributed by atoms with Crippen LogP contribution in [0.5, 0.6) is 5.75 Å². The lowest BCUT2D eigenvalue weighted by molar-refractivity contribution is -0.384. The number of benzene rings is 2. The molecule has 1 atom stereocenters. The Bertz CT molecular complexity index is 850. The fourth-order valence-electron chi connectivity index (χ4n) is 2.84. The molecule has 2 aromatic rings. The first-order valence-corrected chi connectivity index (χ1v) is 8.41. The van der Waals surface area contributed by atoms with Gasteiger partial charge in [0.05, 0.1) is 23.8 Å². The summed E-state index contributed by atoms with van der Waals surface area (Å²) in [4.78, 5) is 22.6. The predicted molar refractivity (Wildman–Crippen MR) is 97.6 cm³/mol. The number of hydrogen-bond donors (Lipinski definition) is 0. The number of carbonyl (C=O) groups is 1. The second-order valence-electron chi connectivity index (χ2n) is 5.72. The van der Waals surface area contributed by atoms with E-state index in [1.807, 2.05) is 24.3 Å². The third kappa shape index (κ3) is 3.52. The van der Waals surface area contributed by atoms with E-state index < -0.39 is 4.92 Å². The van der Waals surface area contributed by atoms with E-state index in [1.54, 1.807) is 19.2 Å². The Morgan fingerprint density at radius 2 is 1.92 bits per heavy atom. The number of hydrogen-bond acceptors (Lipinski definition) is 5. The number of non-ortho nitro benzene ring substituents is 1. The quantitative estimate of drug-likeness (QED) is 0.456. The molecule has 0 saturated heterocycles. The molecular weight excluding hydrogens is 358 g/mol. The Kier molecular flexibility index (Phi) is 5.18. The first-order chi connectivity index (χ1) is 12.5. The van der Waals surface area contributed by atoms with Gasteiger partial charge in [-0.2, -0.15) is 5.10 Å². The number of rotatable bonds is 5. The van der Waals surface area contributed by atoms with Gasteiger partial charge in [-0.25, -0.2) is 5.01 Å². The molecule has 0 fully saturated rings. The maximum Gasteiger partial charge on any atom is 0.269 e. The highest BCUT2D eigenvalue weighted by molar-refractivity contribution is 6.27. The molecule has 1 heterocycles. The predicted octanol–water partition coefficient (Wildman–Crippen LogP) is 3.52. The van der Waals surface area contributed by atoms with E-state index in [0.29, 0.717) is 12.1 Å². The number of nitrogens with zero attached hydrogens (tertiary/aromatic N) is 3. The summed E-state index contributed by atoms with van der Waals surface area (Å²) in [5.74, 6) is 0.242. The number of carbonyl (C=O) groups excluding carboxylic acids is 1. The zero-order chi connectivity index (χ0) is 18.7. The van der Waals surface area contributed by atoms with Gasteiger partial charge in [0.15, 0.2) is 0 Å². The van der Waals surface area contributed by atoms with Crippen LogP contribution in [0.2, 0.25) is 0 Å². The van der Waals surface area contributed by atoms with Crippen LogP contribution in [0.25, 0.3) is 0 Å². The van der Waals surface area contributed by atoms with E-state index in [-0.39, 0.29) is 23.5 Å². The van der Waals surface area contributed by atoms with Crippen molar-refractivity contribution in [3.63, 3.8) is 0 Å². The second-order valence-corrected chi connectivity index (χ2v) is 5.98. The summed E-state index contributed by atoms with van der Waals surface area (Å²) in [6, 6.07) is 13.2. The number of nitro benzene ring substituents is 1. The highest BCUT2D eigenvalue weighted by Gasteiger charge is 2.32. The Labute approximate surface area is 155 Å². The first kappa shape index (κ1) is 17.9. The molecular formula is C18H16ClN3O4. The van der Waals surface area contributed by atoms with Gasteiger partial charge >= 0.3 is 0 Å². The normalized spacial score (nSPS) is 16.3. The molecule has 0 N–H and O–H groups in total. The highest BCUT2D eigenvalue weighted by atomic mass is 35.5. The van der Waals surface area contributed by atoms with Gasteiger partial charge in [0.2, 0.25) is 0 Å². The third-order valence-corrected chi connectivity index (χ3v) is 4.42. The van der Waals surface area contributed by atoms with Crippen molar-refractivity contribution in [1.82, 2.24) is 5.01 Å². The van der Waals surface area contributed by atoms with Crippen molar-refractivity contribution < 1.29 is 14.5 Å². The van der Waals surface area contributed by atoms with E-state index in [9.17, 15) is 14.9 Å². The number of nitro groups is 1. The molecule has 1 unspecified atom stereocenters.